The van der Waals surface area contributed by atoms with E-state index in [1.165, 1.54) is 0 Å². The van der Waals surface area contributed by atoms with Crippen LogP contribution in [0, 0.1) is 5.41 Å². The minimum absolute atomic E-state index is 0.0911. The van der Waals surface area contributed by atoms with Crippen LogP contribution in [0.3, 0.4) is 0 Å². The molecule has 0 spiro atoms. The molecule has 3 nitrogen and oxygen atoms in total. The van der Waals surface area contributed by atoms with Gasteiger partial charge in [-0.2, -0.15) is 13.2 Å². The van der Waals surface area contributed by atoms with Gasteiger partial charge in [-0.25, -0.2) is 13.1 Å². The second-order valence-corrected chi connectivity index (χ2v) is 8.93. The maximum absolute atomic E-state index is 12.5. The predicted octanol–water partition coefficient (Wildman–Crippen LogP) is 4.20. The van der Waals surface area contributed by atoms with Gasteiger partial charge >= 0.3 is 6.18 Å². The topological polar surface area (TPSA) is 46.2 Å². The summed E-state index contributed by atoms with van der Waals surface area (Å²) in [4.78, 5) is -0.178. The van der Waals surface area contributed by atoms with Gasteiger partial charge in [0.2, 0.25) is 10.0 Å². The van der Waals surface area contributed by atoms with Crippen LogP contribution in [0.15, 0.2) is 29.2 Å². The van der Waals surface area contributed by atoms with Gasteiger partial charge in [-0.15, -0.1) is 0 Å². The quantitative estimate of drug-likeness (QED) is 0.895. The molecule has 126 valence electrons. The van der Waals surface area contributed by atoms with Crippen molar-refractivity contribution in [2.75, 3.05) is 0 Å². The molecule has 0 aliphatic rings. The van der Waals surface area contributed by atoms with Crippen molar-refractivity contribution >= 4 is 10.0 Å². The summed E-state index contributed by atoms with van der Waals surface area (Å²) in [7, 11) is -3.87. The first-order chi connectivity index (χ1) is 9.62. The summed E-state index contributed by atoms with van der Waals surface area (Å²) >= 11 is 0. The van der Waals surface area contributed by atoms with E-state index in [9.17, 15) is 21.6 Å². The first-order valence-corrected chi connectivity index (χ1v) is 8.32. The molecule has 0 fully saturated rings. The standard InChI is InChI=1S/C15H22F3NO2S/c1-13(2,3)10-14(4,5)19-22(20,21)12-8-6-11(7-9-12)15(16,17)18/h6-9,19H,10H2,1-5H3. The Morgan fingerprint density at radius 3 is 1.77 bits per heavy atom. The molecule has 0 heterocycles. The van der Waals surface area contributed by atoms with E-state index >= 15 is 0 Å². The molecule has 0 bridgehead atoms. The Morgan fingerprint density at radius 1 is 0.955 bits per heavy atom. The van der Waals surface area contributed by atoms with Crippen LogP contribution in [0.2, 0.25) is 0 Å². The first-order valence-electron chi connectivity index (χ1n) is 6.84. The van der Waals surface area contributed by atoms with E-state index in [2.05, 4.69) is 4.72 Å². The highest BCUT2D eigenvalue weighted by atomic mass is 32.2. The van der Waals surface area contributed by atoms with Crippen molar-refractivity contribution in [1.82, 2.24) is 4.72 Å². The lowest BCUT2D eigenvalue weighted by Crippen LogP contribution is -2.45. The van der Waals surface area contributed by atoms with Gasteiger partial charge in [-0.3, -0.25) is 0 Å². The van der Waals surface area contributed by atoms with Crippen molar-refractivity contribution in [2.45, 2.75) is 57.7 Å². The average Bonchev–Trinajstić information content (AvgIpc) is 2.22. The van der Waals surface area contributed by atoms with Gasteiger partial charge in [0.15, 0.2) is 0 Å². The van der Waals surface area contributed by atoms with Gasteiger partial charge in [0.05, 0.1) is 10.5 Å². The summed E-state index contributed by atoms with van der Waals surface area (Å²) in [5, 5.41) is 0. The molecule has 0 radical (unpaired) electrons. The number of benzene rings is 1. The van der Waals surface area contributed by atoms with E-state index in [-0.39, 0.29) is 10.3 Å². The number of nitrogens with one attached hydrogen (secondary N) is 1. The van der Waals surface area contributed by atoms with E-state index in [4.69, 9.17) is 0 Å². The Balaban J connectivity index is 3.00. The molecule has 7 heteroatoms. The van der Waals surface area contributed by atoms with Crippen LogP contribution >= 0.6 is 0 Å². The smallest absolute Gasteiger partial charge is 0.207 e. The Hall–Kier alpha value is -1.08. The molecule has 1 rings (SSSR count). The molecule has 22 heavy (non-hydrogen) atoms. The van der Waals surface area contributed by atoms with Crippen molar-refractivity contribution < 1.29 is 21.6 Å². The maximum Gasteiger partial charge on any atom is 0.416 e. The van der Waals surface area contributed by atoms with Gasteiger partial charge in [-0.05, 0) is 49.9 Å². The minimum atomic E-state index is -4.48. The molecular weight excluding hydrogens is 315 g/mol. The minimum Gasteiger partial charge on any atom is -0.207 e. The average molecular weight is 337 g/mol. The maximum atomic E-state index is 12.5. The molecule has 1 N–H and O–H groups in total. The van der Waals surface area contributed by atoms with E-state index in [1.54, 1.807) is 13.8 Å². The Labute approximate surface area is 130 Å². The highest BCUT2D eigenvalue weighted by Gasteiger charge is 2.33. The van der Waals surface area contributed by atoms with Crippen molar-refractivity contribution in [3.05, 3.63) is 29.8 Å². The molecule has 0 aromatic heterocycles. The van der Waals surface area contributed by atoms with Crippen molar-refractivity contribution in [3.63, 3.8) is 0 Å². The van der Waals surface area contributed by atoms with Crippen LogP contribution in [0.1, 0.15) is 46.6 Å². The summed E-state index contributed by atoms with van der Waals surface area (Å²) < 4.78 is 64.7. The monoisotopic (exact) mass is 337 g/mol. The number of sulfonamides is 1. The molecule has 1 aromatic carbocycles. The Morgan fingerprint density at radius 2 is 1.41 bits per heavy atom. The summed E-state index contributed by atoms with van der Waals surface area (Å²) in [6.45, 7) is 9.46. The normalized spacial score (nSPS) is 14.2. The zero-order valence-electron chi connectivity index (χ0n) is 13.4. The summed E-state index contributed by atoms with van der Waals surface area (Å²) in [5.41, 5.74) is -1.67. The van der Waals surface area contributed by atoms with E-state index in [0.717, 1.165) is 24.3 Å². The molecule has 0 aliphatic carbocycles. The van der Waals surface area contributed by atoms with Gasteiger partial charge in [0.25, 0.3) is 0 Å². The van der Waals surface area contributed by atoms with Crippen LogP contribution < -0.4 is 4.72 Å². The molecule has 1 aromatic rings. The van der Waals surface area contributed by atoms with Crippen LogP contribution in [-0.2, 0) is 16.2 Å². The van der Waals surface area contributed by atoms with Crippen LogP contribution in [0.25, 0.3) is 0 Å². The van der Waals surface area contributed by atoms with Gasteiger partial charge in [-0.1, -0.05) is 20.8 Å². The fraction of sp³-hybridized carbons (Fsp3) is 0.600. The van der Waals surface area contributed by atoms with Gasteiger partial charge < -0.3 is 0 Å². The largest absolute Gasteiger partial charge is 0.416 e. The third kappa shape index (κ3) is 5.61. The van der Waals surface area contributed by atoms with Gasteiger partial charge in [0.1, 0.15) is 0 Å². The Bertz CT molecular complexity index is 612. The lowest BCUT2D eigenvalue weighted by atomic mass is 9.82. The van der Waals surface area contributed by atoms with Crippen molar-refractivity contribution in [2.24, 2.45) is 5.41 Å². The molecule has 0 amide bonds. The molecule has 0 saturated carbocycles. The number of halogens is 3. The zero-order valence-corrected chi connectivity index (χ0v) is 14.2. The SMILES string of the molecule is CC(C)(C)CC(C)(C)NS(=O)(=O)c1ccc(C(F)(F)F)cc1. The third-order valence-corrected chi connectivity index (χ3v) is 4.59. The molecule has 0 unspecified atom stereocenters. The van der Waals surface area contributed by atoms with Crippen LogP contribution in [0.4, 0.5) is 13.2 Å². The summed E-state index contributed by atoms with van der Waals surface area (Å²) in [6, 6.07) is 3.48. The lowest BCUT2D eigenvalue weighted by Gasteiger charge is -2.33. The highest BCUT2D eigenvalue weighted by Crippen LogP contribution is 2.31. The van der Waals surface area contributed by atoms with Crippen LogP contribution in [0.5, 0.6) is 0 Å². The van der Waals surface area contributed by atoms with Crippen molar-refractivity contribution in [3.8, 4) is 0 Å². The summed E-state index contributed by atoms with van der Waals surface area (Å²) in [6.07, 6.45) is -3.90. The first kappa shape index (κ1) is 19.0. The lowest BCUT2D eigenvalue weighted by molar-refractivity contribution is -0.137. The molecule has 0 saturated heterocycles. The number of rotatable bonds is 4. The van der Waals surface area contributed by atoms with Gasteiger partial charge in [0, 0.05) is 5.54 Å². The highest BCUT2D eigenvalue weighted by molar-refractivity contribution is 7.89. The van der Waals surface area contributed by atoms with Crippen LogP contribution in [-0.4, -0.2) is 14.0 Å². The molecule has 0 atom stereocenters. The molecule has 0 aliphatic heterocycles. The third-order valence-electron chi connectivity index (χ3n) is 2.87. The predicted molar refractivity (Wildman–Crippen MR) is 79.9 cm³/mol. The van der Waals surface area contributed by atoms with E-state index in [0.29, 0.717) is 6.42 Å². The zero-order chi connectivity index (χ0) is 17.4. The number of alkyl halides is 3. The fourth-order valence-electron chi connectivity index (χ4n) is 2.61. The molecular formula is C15H22F3NO2S. The van der Waals surface area contributed by atoms with E-state index < -0.39 is 27.3 Å². The van der Waals surface area contributed by atoms with Crippen molar-refractivity contribution in [1.29, 1.82) is 0 Å². The summed E-state index contributed by atoms with van der Waals surface area (Å²) in [5.74, 6) is 0. The number of hydrogen-bond acceptors (Lipinski definition) is 2. The second kappa shape index (κ2) is 5.85. The van der Waals surface area contributed by atoms with E-state index in [1.807, 2.05) is 20.8 Å². The fourth-order valence-corrected chi connectivity index (χ4v) is 4.02. The number of hydrogen-bond donors (Lipinski definition) is 1. The Kier molecular flexibility index (Phi) is 5.04. The second-order valence-electron chi connectivity index (χ2n) is 7.25.